The Kier molecular flexibility index (Phi) is 7.30. The van der Waals surface area contributed by atoms with Gasteiger partial charge in [-0.05, 0) is 43.2 Å². The Balaban J connectivity index is 1.68. The van der Waals surface area contributed by atoms with Gasteiger partial charge in [0.25, 0.3) is 10.2 Å². The van der Waals surface area contributed by atoms with E-state index in [9.17, 15) is 13.2 Å². The lowest BCUT2D eigenvalue weighted by molar-refractivity contribution is -0.116. The summed E-state index contributed by atoms with van der Waals surface area (Å²) in [6.45, 7) is 3.01. The Bertz CT molecular complexity index is 980. The summed E-state index contributed by atoms with van der Waals surface area (Å²) in [5.41, 5.74) is 1.35. The third-order valence-corrected chi connectivity index (χ3v) is 6.67. The van der Waals surface area contributed by atoms with Crippen molar-refractivity contribution >= 4 is 21.8 Å². The Hall–Kier alpha value is -2.62. The Labute approximate surface area is 177 Å². The van der Waals surface area contributed by atoms with E-state index >= 15 is 0 Å². The van der Waals surface area contributed by atoms with Crippen molar-refractivity contribution < 1.29 is 22.7 Å². The first-order valence-electron chi connectivity index (χ1n) is 9.84. The zero-order valence-electron chi connectivity index (χ0n) is 17.2. The highest BCUT2D eigenvalue weighted by molar-refractivity contribution is 7.86. The molecule has 1 saturated heterocycles. The van der Waals surface area contributed by atoms with Crippen LogP contribution in [0.1, 0.15) is 18.9 Å². The summed E-state index contributed by atoms with van der Waals surface area (Å²) in [7, 11) is -2.19. The van der Waals surface area contributed by atoms with E-state index in [2.05, 4.69) is 5.32 Å². The number of nitrogens with one attached hydrogen (secondary N) is 1. The first-order chi connectivity index (χ1) is 14.4. The van der Waals surface area contributed by atoms with Crippen molar-refractivity contribution in [2.24, 2.45) is 0 Å². The van der Waals surface area contributed by atoms with Crippen LogP contribution in [0.5, 0.6) is 11.5 Å². The van der Waals surface area contributed by atoms with Gasteiger partial charge in [-0.3, -0.25) is 4.79 Å². The van der Waals surface area contributed by atoms with Gasteiger partial charge in [-0.15, -0.1) is 0 Å². The standard InChI is InChI=1S/C21H27N3O5S/c1-3-29-20-11-5-4-10-19(20)22-21(25)16-24-13-7-12-23(30(24,26)27)15-17-8-6-9-18(14-17)28-2/h4-6,8-11,14H,3,7,12-13,15-16H2,1-2H3,(H,22,25). The molecule has 3 rings (SSSR count). The summed E-state index contributed by atoms with van der Waals surface area (Å²) in [5, 5.41) is 2.75. The number of benzene rings is 2. The second-order valence-electron chi connectivity index (χ2n) is 6.86. The molecule has 2 aromatic carbocycles. The van der Waals surface area contributed by atoms with Crippen LogP contribution in [0, 0.1) is 0 Å². The number of amides is 1. The molecule has 0 spiro atoms. The molecule has 0 saturated carbocycles. The molecule has 1 aliphatic rings. The van der Waals surface area contributed by atoms with E-state index < -0.39 is 16.1 Å². The van der Waals surface area contributed by atoms with Crippen LogP contribution in [0.2, 0.25) is 0 Å². The van der Waals surface area contributed by atoms with Crippen LogP contribution in [-0.2, 0) is 21.5 Å². The summed E-state index contributed by atoms with van der Waals surface area (Å²) in [6.07, 6.45) is 0.645. The fraction of sp³-hybridized carbons (Fsp3) is 0.381. The summed E-state index contributed by atoms with van der Waals surface area (Å²) >= 11 is 0. The lowest BCUT2D eigenvalue weighted by Crippen LogP contribution is -2.51. The molecule has 0 unspecified atom stereocenters. The number of carbonyl (C=O) groups is 1. The number of methoxy groups -OCH3 is 1. The molecule has 1 fully saturated rings. The summed E-state index contributed by atoms with van der Waals surface area (Å²) in [6, 6.07) is 14.4. The van der Waals surface area contributed by atoms with Gasteiger partial charge in [-0.25, -0.2) is 0 Å². The van der Waals surface area contributed by atoms with Crippen LogP contribution in [0.25, 0.3) is 0 Å². The van der Waals surface area contributed by atoms with E-state index in [0.717, 1.165) is 5.56 Å². The molecule has 1 aliphatic heterocycles. The Morgan fingerprint density at radius 2 is 1.87 bits per heavy atom. The normalized spacial score (nSPS) is 16.7. The number of anilines is 1. The van der Waals surface area contributed by atoms with Crippen molar-refractivity contribution in [2.45, 2.75) is 19.9 Å². The fourth-order valence-electron chi connectivity index (χ4n) is 3.31. The number of hydrogen-bond donors (Lipinski definition) is 1. The quantitative estimate of drug-likeness (QED) is 0.691. The molecule has 1 heterocycles. The molecule has 0 aliphatic carbocycles. The van der Waals surface area contributed by atoms with Crippen molar-refractivity contribution in [3.05, 3.63) is 54.1 Å². The first kappa shape index (κ1) is 22.1. The number of nitrogens with zero attached hydrogens (tertiary/aromatic N) is 2. The van der Waals surface area contributed by atoms with Gasteiger partial charge in [-0.2, -0.15) is 17.0 Å². The number of carbonyl (C=O) groups excluding carboxylic acids is 1. The topological polar surface area (TPSA) is 88.2 Å². The molecule has 162 valence electrons. The van der Waals surface area contributed by atoms with Gasteiger partial charge in [-0.1, -0.05) is 24.3 Å². The summed E-state index contributed by atoms with van der Waals surface area (Å²) < 4.78 is 39.4. The van der Waals surface area contributed by atoms with Crippen LogP contribution in [0.15, 0.2) is 48.5 Å². The molecule has 30 heavy (non-hydrogen) atoms. The maximum atomic E-state index is 13.0. The van der Waals surface area contributed by atoms with E-state index in [4.69, 9.17) is 9.47 Å². The number of hydrogen-bond acceptors (Lipinski definition) is 5. The van der Waals surface area contributed by atoms with Gasteiger partial charge in [0.2, 0.25) is 5.91 Å². The SMILES string of the molecule is CCOc1ccccc1NC(=O)CN1CCCN(Cc2cccc(OC)c2)S1(=O)=O. The van der Waals surface area contributed by atoms with E-state index in [1.165, 1.54) is 8.61 Å². The monoisotopic (exact) mass is 433 g/mol. The first-order valence-corrected chi connectivity index (χ1v) is 11.2. The van der Waals surface area contributed by atoms with Gasteiger partial charge >= 0.3 is 0 Å². The zero-order chi connectivity index (χ0) is 21.6. The molecule has 0 aromatic heterocycles. The minimum atomic E-state index is -3.76. The average molecular weight is 434 g/mol. The average Bonchev–Trinajstić information content (AvgIpc) is 2.73. The third-order valence-electron chi connectivity index (χ3n) is 4.74. The van der Waals surface area contributed by atoms with Crippen LogP contribution >= 0.6 is 0 Å². The van der Waals surface area contributed by atoms with E-state index in [1.54, 1.807) is 25.3 Å². The molecule has 2 aromatic rings. The molecular formula is C21H27N3O5S. The molecule has 9 heteroatoms. The van der Waals surface area contributed by atoms with Gasteiger partial charge in [0.05, 0.1) is 25.9 Å². The minimum Gasteiger partial charge on any atom is -0.497 e. The Morgan fingerprint density at radius 3 is 2.63 bits per heavy atom. The second kappa shape index (κ2) is 9.92. The minimum absolute atomic E-state index is 0.227. The molecule has 1 N–H and O–H groups in total. The molecule has 0 bridgehead atoms. The molecule has 1 amide bonds. The van der Waals surface area contributed by atoms with Crippen LogP contribution in [0.4, 0.5) is 5.69 Å². The zero-order valence-corrected chi connectivity index (χ0v) is 18.0. The van der Waals surface area contributed by atoms with Crippen molar-refractivity contribution in [1.82, 2.24) is 8.61 Å². The lowest BCUT2D eigenvalue weighted by atomic mass is 10.2. The molecule has 0 radical (unpaired) electrons. The van der Waals surface area contributed by atoms with Gasteiger partial charge in [0.15, 0.2) is 0 Å². The van der Waals surface area contributed by atoms with Gasteiger partial charge in [0.1, 0.15) is 11.5 Å². The maximum Gasteiger partial charge on any atom is 0.282 e. The highest BCUT2D eigenvalue weighted by Crippen LogP contribution is 2.25. The van der Waals surface area contributed by atoms with Crippen molar-refractivity contribution in [3.63, 3.8) is 0 Å². The summed E-state index contributed by atoms with van der Waals surface area (Å²) in [4.78, 5) is 12.6. The highest BCUT2D eigenvalue weighted by atomic mass is 32.2. The predicted molar refractivity (Wildman–Crippen MR) is 115 cm³/mol. The predicted octanol–water partition coefficient (Wildman–Crippen LogP) is 2.49. The molecular weight excluding hydrogens is 406 g/mol. The maximum absolute atomic E-state index is 13.0. The van der Waals surface area contributed by atoms with E-state index in [-0.39, 0.29) is 13.1 Å². The number of para-hydroxylation sites is 2. The van der Waals surface area contributed by atoms with Crippen LogP contribution < -0.4 is 14.8 Å². The smallest absolute Gasteiger partial charge is 0.282 e. The van der Waals surface area contributed by atoms with Crippen LogP contribution in [-0.4, -0.2) is 56.3 Å². The second-order valence-corrected chi connectivity index (χ2v) is 8.79. The van der Waals surface area contributed by atoms with Gasteiger partial charge < -0.3 is 14.8 Å². The number of rotatable bonds is 8. The van der Waals surface area contributed by atoms with Crippen molar-refractivity contribution in [3.8, 4) is 11.5 Å². The summed E-state index contributed by atoms with van der Waals surface area (Å²) in [5.74, 6) is 0.814. The third kappa shape index (κ3) is 5.29. The fourth-order valence-corrected chi connectivity index (χ4v) is 4.95. The largest absolute Gasteiger partial charge is 0.497 e. The van der Waals surface area contributed by atoms with Crippen LogP contribution in [0.3, 0.4) is 0 Å². The van der Waals surface area contributed by atoms with Crippen molar-refractivity contribution in [2.75, 3.05) is 38.7 Å². The van der Waals surface area contributed by atoms with Crippen molar-refractivity contribution in [1.29, 1.82) is 0 Å². The molecule has 8 nitrogen and oxygen atoms in total. The Morgan fingerprint density at radius 1 is 1.10 bits per heavy atom. The van der Waals surface area contributed by atoms with Gasteiger partial charge in [0, 0.05) is 19.6 Å². The van der Waals surface area contributed by atoms with E-state index in [1.807, 2.05) is 37.3 Å². The number of ether oxygens (including phenoxy) is 2. The lowest BCUT2D eigenvalue weighted by Gasteiger charge is -2.34. The highest BCUT2D eigenvalue weighted by Gasteiger charge is 2.34. The van der Waals surface area contributed by atoms with E-state index in [0.29, 0.717) is 43.3 Å². The molecule has 0 atom stereocenters.